The molecule has 1 fully saturated rings. The maximum absolute atomic E-state index is 13.2. The van der Waals surface area contributed by atoms with Gasteiger partial charge in [0.15, 0.2) is 17.9 Å². The fourth-order valence-corrected chi connectivity index (χ4v) is 5.38. The smallest absolute Gasteiger partial charge is 0.430 e. The fraction of sp³-hybridized carbons (Fsp3) is 0.423. The van der Waals surface area contributed by atoms with Gasteiger partial charge in [0.05, 0.1) is 17.5 Å². The van der Waals surface area contributed by atoms with Crippen LogP contribution < -0.4 is 31.3 Å². The number of ether oxygens (including phenoxy) is 1. The number of nitrogens with zero attached hydrogens (tertiary/aromatic N) is 5. The van der Waals surface area contributed by atoms with Gasteiger partial charge in [0.1, 0.15) is 35.6 Å². The van der Waals surface area contributed by atoms with Gasteiger partial charge in [0, 0.05) is 5.38 Å². The van der Waals surface area contributed by atoms with Crippen LogP contribution in [0.2, 0.25) is 0 Å². The number of hydrogen-bond acceptors (Lipinski definition) is 15. The summed E-state index contributed by atoms with van der Waals surface area (Å²) in [4.78, 5) is 55.6. The van der Waals surface area contributed by atoms with Gasteiger partial charge in [0.2, 0.25) is 6.20 Å². The van der Waals surface area contributed by atoms with Gasteiger partial charge < -0.3 is 41.4 Å². The van der Waals surface area contributed by atoms with Crippen LogP contribution in [-0.4, -0.2) is 99.3 Å². The van der Waals surface area contributed by atoms with Crippen molar-refractivity contribution in [2.45, 2.75) is 50.7 Å². The van der Waals surface area contributed by atoms with E-state index in [9.17, 15) is 41.1 Å². The molecule has 280 valence electrons. The van der Waals surface area contributed by atoms with Gasteiger partial charge in [-0.25, -0.2) is 9.78 Å². The maximum atomic E-state index is 13.2. The second-order valence-electron chi connectivity index (χ2n) is 10.9. The number of carboxylic acid groups (broad SMARTS) is 2. The molecule has 20 nitrogen and oxygen atoms in total. The molecule has 25 heteroatoms. The molecule has 4 rings (SSSR count). The molecule has 51 heavy (non-hydrogen) atoms. The summed E-state index contributed by atoms with van der Waals surface area (Å²) in [6.45, 7) is 3.49. The minimum atomic E-state index is -5.19. The number of alkyl halides is 3. The number of nitrogens with two attached hydrogens (primary N) is 2. The third kappa shape index (κ3) is 10.2. The van der Waals surface area contributed by atoms with Crippen LogP contribution in [0.1, 0.15) is 26.0 Å². The molecule has 0 radical (unpaired) electrons. The molecule has 1 aliphatic rings. The average Bonchev–Trinajstić information content (AvgIpc) is 3.59. The number of aliphatic carboxylic acids is 2. The number of nitrogen functional groups attached to an aromatic ring is 1. The van der Waals surface area contributed by atoms with E-state index < -0.39 is 70.3 Å². The fourth-order valence-electron chi connectivity index (χ4n) is 4.38. The number of amides is 2. The Kier molecular flexibility index (Phi) is 12.5. The minimum absolute atomic E-state index is 0.0621. The minimum Gasteiger partial charge on any atom is -0.542 e. The van der Waals surface area contributed by atoms with Crippen LogP contribution >= 0.6 is 11.3 Å². The number of hydroxylamine groups is 2. The first kappa shape index (κ1) is 40.3. The van der Waals surface area contributed by atoms with Gasteiger partial charge in [-0.3, -0.25) is 14.1 Å². The summed E-state index contributed by atoms with van der Waals surface area (Å²) in [6, 6.07) is 3.92. The molecule has 0 aliphatic carbocycles. The highest BCUT2D eigenvalue weighted by Gasteiger charge is 2.58. The number of aromatic nitrogens is 3. The van der Waals surface area contributed by atoms with Crippen molar-refractivity contribution in [1.29, 1.82) is 0 Å². The van der Waals surface area contributed by atoms with Crippen molar-refractivity contribution in [3.8, 4) is 5.75 Å². The monoisotopic (exact) mass is 768 g/mol. The highest BCUT2D eigenvalue weighted by atomic mass is 32.3. The van der Waals surface area contributed by atoms with Crippen LogP contribution in [0.25, 0.3) is 10.9 Å². The van der Waals surface area contributed by atoms with Gasteiger partial charge >= 0.3 is 22.5 Å². The lowest BCUT2D eigenvalue weighted by Crippen LogP contribution is -2.76. The van der Waals surface area contributed by atoms with E-state index in [1.165, 1.54) is 19.2 Å². The number of carboxylic acids is 2. The number of oxime groups is 1. The SMILES string of the molecule is C[n+]1cc2cc(OCC(O/N=C(\C(=O)N[C@@H]3C(=O)N(OS(=O)(=O)O)C3(C)C)c3csc(N)n3)C(=O)O)ccc2n1CCCN.O=C([O-])C(F)(F)F. The van der Waals surface area contributed by atoms with Gasteiger partial charge in [-0.1, -0.05) is 5.16 Å². The number of hydrogen-bond donors (Lipinski definition) is 5. The summed E-state index contributed by atoms with van der Waals surface area (Å²) in [5.41, 5.74) is 10.2. The largest absolute Gasteiger partial charge is 0.542 e. The Hall–Kier alpha value is -5.11. The predicted molar refractivity (Wildman–Crippen MR) is 164 cm³/mol. The van der Waals surface area contributed by atoms with Crippen LogP contribution in [0, 0.1) is 0 Å². The summed E-state index contributed by atoms with van der Waals surface area (Å²) in [6.07, 6.45) is -4.19. The molecule has 0 saturated carbocycles. The zero-order valence-electron chi connectivity index (χ0n) is 26.7. The van der Waals surface area contributed by atoms with E-state index in [-0.39, 0.29) is 10.8 Å². The summed E-state index contributed by atoms with van der Waals surface area (Å²) in [7, 11) is -3.12. The van der Waals surface area contributed by atoms with Crippen molar-refractivity contribution < 1.29 is 74.1 Å². The van der Waals surface area contributed by atoms with Crippen LogP contribution in [0.5, 0.6) is 5.75 Å². The van der Waals surface area contributed by atoms with Gasteiger partial charge in [0.25, 0.3) is 17.9 Å². The molecule has 7 N–H and O–H groups in total. The molecule has 1 saturated heterocycles. The predicted octanol–water partition coefficient (Wildman–Crippen LogP) is -1.76. The molecule has 2 amide bonds. The van der Waals surface area contributed by atoms with Crippen molar-refractivity contribution >= 4 is 67.2 Å². The first-order valence-corrected chi connectivity index (χ1v) is 16.4. The first-order valence-electron chi connectivity index (χ1n) is 14.2. The number of aryl methyl sites for hydroxylation is 2. The third-order valence-electron chi connectivity index (χ3n) is 6.84. The Morgan fingerprint density at radius 2 is 1.94 bits per heavy atom. The quantitative estimate of drug-likeness (QED) is 0.0399. The van der Waals surface area contributed by atoms with Crippen LogP contribution in [0.4, 0.5) is 18.3 Å². The van der Waals surface area contributed by atoms with Crippen molar-refractivity contribution in [2.24, 2.45) is 17.9 Å². The number of carbonyl (C=O) groups is 4. The summed E-state index contributed by atoms with van der Waals surface area (Å²) in [5.74, 6) is -6.10. The number of benzene rings is 1. The number of anilines is 1. The molecule has 2 aromatic heterocycles. The Balaban J connectivity index is 0.000000908. The van der Waals surface area contributed by atoms with E-state index in [1.807, 2.05) is 28.7 Å². The number of halogens is 3. The summed E-state index contributed by atoms with van der Waals surface area (Å²) in [5, 5.41) is 27.3. The molecule has 2 atom stereocenters. The highest BCUT2D eigenvalue weighted by Crippen LogP contribution is 2.33. The number of fused-ring (bicyclic) bond motifs is 1. The lowest BCUT2D eigenvalue weighted by atomic mass is 9.84. The van der Waals surface area contributed by atoms with E-state index in [0.29, 0.717) is 23.9 Å². The van der Waals surface area contributed by atoms with Gasteiger partial charge in [-0.05, 0) is 45.0 Å². The number of rotatable bonds is 14. The number of β-lactam (4-membered cyclic amide) rings is 1. The van der Waals surface area contributed by atoms with E-state index in [1.54, 1.807) is 12.1 Å². The Bertz CT molecular complexity index is 1930. The average molecular weight is 769 g/mol. The van der Waals surface area contributed by atoms with E-state index in [2.05, 4.69) is 19.7 Å². The zero-order valence-corrected chi connectivity index (χ0v) is 28.3. The lowest BCUT2D eigenvalue weighted by molar-refractivity contribution is -0.751. The number of thiazole rings is 1. The highest BCUT2D eigenvalue weighted by molar-refractivity contribution is 7.80. The third-order valence-corrected chi connectivity index (χ3v) is 7.85. The van der Waals surface area contributed by atoms with Crippen molar-refractivity contribution in [2.75, 3.05) is 18.9 Å². The second-order valence-corrected chi connectivity index (χ2v) is 12.8. The normalized spacial score (nSPS) is 16.5. The molecule has 1 unspecified atom stereocenters. The van der Waals surface area contributed by atoms with Crippen molar-refractivity contribution in [3.05, 3.63) is 35.5 Å². The van der Waals surface area contributed by atoms with Crippen LogP contribution in [0.3, 0.4) is 0 Å². The summed E-state index contributed by atoms with van der Waals surface area (Å²) < 4.78 is 76.5. The molecular formula is C26H31F3N8O12S2. The molecule has 1 aliphatic heterocycles. The Morgan fingerprint density at radius 1 is 1.29 bits per heavy atom. The van der Waals surface area contributed by atoms with Crippen LogP contribution in [-0.2, 0) is 52.3 Å². The molecule has 0 bridgehead atoms. The van der Waals surface area contributed by atoms with Crippen LogP contribution in [0.15, 0.2) is 34.9 Å². The molecular weight excluding hydrogens is 737 g/mol. The van der Waals surface area contributed by atoms with Crippen molar-refractivity contribution in [1.82, 2.24) is 20.0 Å². The van der Waals surface area contributed by atoms with E-state index in [0.717, 1.165) is 28.7 Å². The zero-order chi connectivity index (χ0) is 38.5. The molecule has 1 aromatic carbocycles. The van der Waals surface area contributed by atoms with Gasteiger partial charge in [-0.2, -0.15) is 31.3 Å². The molecule has 3 heterocycles. The second kappa shape index (κ2) is 15.8. The number of carbonyl (C=O) groups excluding carboxylic acids is 3. The first-order chi connectivity index (χ1) is 23.6. The summed E-state index contributed by atoms with van der Waals surface area (Å²) >= 11 is 0.962. The Labute approximate surface area is 289 Å². The topological polar surface area (TPSA) is 295 Å². The standard InChI is InChI=1S/C24H30N8O10S2.C2HF3O2/c1-24(2)19(21(34)32(24)42-44(37,38)39)28-20(33)18(15-12-43-23(26)27-15)29-41-17(22(35)36)11-40-14-5-6-16-13(9-14)10-30(3)31(16)8-4-7-25;3-2(4,5)1(6)7/h5-6,9-10,12,17,19H,4,7-8,11,25H2,1-3H3,(H4-,26,27,28,33,35,36,37,38,39);(H,6,7)/b29-18-;/t17?,19-;/m1./s1. The Morgan fingerprint density at radius 3 is 2.45 bits per heavy atom. The lowest BCUT2D eigenvalue weighted by Gasteiger charge is -2.50. The van der Waals surface area contributed by atoms with Gasteiger partial charge in [-0.15, -0.1) is 20.3 Å². The van der Waals surface area contributed by atoms with E-state index >= 15 is 0 Å². The maximum Gasteiger partial charge on any atom is 0.430 e. The molecule has 3 aromatic rings. The molecule has 0 spiro atoms. The van der Waals surface area contributed by atoms with E-state index in [4.69, 9.17) is 35.5 Å². The number of nitrogens with one attached hydrogen (secondary N) is 1. The van der Waals surface area contributed by atoms with Crippen molar-refractivity contribution in [3.63, 3.8) is 0 Å².